The zero-order valence-electron chi connectivity index (χ0n) is 13.7. The van der Waals surface area contributed by atoms with Gasteiger partial charge in [0.1, 0.15) is 0 Å². The van der Waals surface area contributed by atoms with Crippen molar-refractivity contribution in [3.05, 3.63) is 29.8 Å². The summed E-state index contributed by atoms with van der Waals surface area (Å²) in [5, 5.41) is 14.0. The van der Waals surface area contributed by atoms with Gasteiger partial charge >= 0.3 is 0 Å². The summed E-state index contributed by atoms with van der Waals surface area (Å²) in [7, 11) is 0. The molecule has 1 atom stereocenters. The average Bonchev–Trinajstić information content (AvgIpc) is 2.54. The molecule has 0 aliphatic heterocycles. The summed E-state index contributed by atoms with van der Waals surface area (Å²) in [5.41, 5.74) is 7.03. The van der Waals surface area contributed by atoms with E-state index >= 15 is 0 Å². The first kappa shape index (κ1) is 20.1. The van der Waals surface area contributed by atoms with Crippen LogP contribution in [0.2, 0.25) is 0 Å². The van der Waals surface area contributed by atoms with Crippen molar-refractivity contribution in [3.63, 3.8) is 0 Å². The van der Waals surface area contributed by atoms with Crippen LogP contribution < -0.4 is 16.4 Å². The van der Waals surface area contributed by atoms with Crippen molar-refractivity contribution in [2.75, 3.05) is 11.9 Å². The lowest BCUT2D eigenvalue weighted by Gasteiger charge is -2.15. The van der Waals surface area contributed by atoms with E-state index in [-0.39, 0.29) is 30.9 Å². The number of nitrogens with two attached hydrogens (primary N) is 1. The van der Waals surface area contributed by atoms with Crippen LogP contribution in [0.1, 0.15) is 33.3 Å². The second kappa shape index (κ2) is 10.8. The van der Waals surface area contributed by atoms with E-state index in [1.807, 2.05) is 27.7 Å². The van der Waals surface area contributed by atoms with Gasteiger partial charge in [-0.3, -0.25) is 9.59 Å². The zero-order valence-corrected chi connectivity index (χ0v) is 13.7. The lowest BCUT2D eigenvalue weighted by atomic mass is 10.1. The fourth-order valence-electron chi connectivity index (χ4n) is 1.49. The third kappa shape index (κ3) is 7.19. The maximum Gasteiger partial charge on any atom is 0.243 e. The number of amides is 2. The summed E-state index contributed by atoms with van der Waals surface area (Å²) in [6, 6.07) is 6.17. The van der Waals surface area contributed by atoms with Gasteiger partial charge in [0.2, 0.25) is 11.8 Å². The molecule has 6 heteroatoms. The lowest BCUT2D eigenvalue weighted by Crippen LogP contribution is -2.46. The summed E-state index contributed by atoms with van der Waals surface area (Å²) < 4.78 is 0. The second-order valence-corrected chi connectivity index (χ2v) is 4.89. The van der Waals surface area contributed by atoms with Crippen LogP contribution in [0.15, 0.2) is 24.3 Å². The van der Waals surface area contributed by atoms with Gasteiger partial charge in [0, 0.05) is 5.69 Å². The van der Waals surface area contributed by atoms with Crippen molar-refractivity contribution in [1.82, 2.24) is 5.32 Å². The van der Waals surface area contributed by atoms with Gasteiger partial charge in [-0.05, 0) is 23.6 Å². The van der Waals surface area contributed by atoms with Crippen LogP contribution in [0.25, 0.3) is 0 Å². The Morgan fingerprint density at radius 1 is 1.18 bits per heavy atom. The first-order chi connectivity index (χ1) is 10.4. The minimum atomic E-state index is -0.619. The van der Waals surface area contributed by atoms with Gasteiger partial charge < -0.3 is 21.5 Å². The summed E-state index contributed by atoms with van der Waals surface area (Å²) in [4.78, 5) is 23.2. The van der Waals surface area contributed by atoms with Crippen LogP contribution in [0.5, 0.6) is 0 Å². The highest BCUT2D eigenvalue weighted by atomic mass is 16.3. The molecule has 1 aromatic carbocycles. The third-order valence-corrected chi connectivity index (χ3v) is 2.86. The predicted molar refractivity (Wildman–Crippen MR) is 88.2 cm³/mol. The molecule has 0 spiro atoms. The van der Waals surface area contributed by atoms with E-state index in [0.29, 0.717) is 5.69 Å². The first-order valence-corrected chi connectivity index (χ1v) is 7.47. The molecule has 0 aliphatic carbocycles. The maximum absolute atomic E-state index is 11.6. The van der Waals surface area contributed by atoms with Gasteiger partial charge in [0.05, 0.1) is 19.2 Å². The molecule has 0 bridgehead atoms. The molecule has 0 aliphatic rings. The van der Waals surface area contributed by atoms with E-state index in [0.717, 1.165) is 5.56 Å². The number of aliphatic hydroxyl groups is 1. The highest BCUT2D eigenvalue weighted by Gasteiger charge is 2.17. The lowest BCUT2D eigenvalue weighted by molar-refractivity contribution is -0.125. The summed E-state index contributed by atoms with van der Waals surface area (Å²) >= 11 is 0. The molecular formula is C16H27N3O3. The summed E-state index contributed by atoms with van der Waals surface area (Å²) in [6.07, 6.45) is 0. The van der Waals surface area contributed by atoms with Crippen molar-refractivity contribution in [2.45, 2.75) is 40.3 Å². The molecule has 0 radical (unpaired) electrons. The van der Waals surface area contributed by atoms with E-state index in [4.69, 9.17) is 10.8 Å². The molecule has 1 aromatic rings. The smallest absolute Gasteiger partial charge is 0.243 e. The maximum atomic E-state index is 11.6. The molecular weight excluding hydrogens is 282 g/mol. The molecule has 6 nitrogen and oxygen atoms in total. The number of anilines is 1. The predicted octanol–water partition coefficient (Wildman–Crippen LogP) is 1.24. The summed E-state index contributed by atoms with van der Waals surface area (Å²) in [5.74, 6) is -0.652. The molecule has 1 rings (SSSR count). The Morgan fingerprint density at radius 3 is 2.18 bits per heavy atom. The van der Waals surface area contributed by atoms with Crippen LogP contribution >= 0.6 is 0 Å². The normalized spacial score (nSPS) is 11.2. The summed E-state index contributed by atoms with van der Waals surface area (Å²) in [6.45, 7) is 7.51. The Balaban J connectivity index is 0.00000211. The first-order valence-electron chi connectivity index (χ1n) is 7.47. The number of carbonyl (C=O) groups excluding carboxylic acids is 2. The number of nitrogens with one attached hydrogen (secondary N) is 2. The van der Waals surface area contributed by atoms with E-state index in [9.17, 15) is 9.59 Å². The van der Waals surface area contributed by atoms with Crippen molar-refractivity contribution in [1.29, 1.82) is 0 Å². The SMILES string of the molecule is CC.CC(C)C(N)C(=O)NCC(=O)Nc1ccc(CO)cc1. The van der Waals surface area contributed by atoms with Crippen LogP contribution in [0.3, 0.4) is 0 Å². The van der Waals surface area contributed by atoms with Crippen LogP contribution in [0.4, 0.5) is 5.69 Å². The standard InChI is InChI=1S/C14H21N3O3.C2H6/c1-9(2)13(15)14(20)16-7-12(19)17-11-5-3-10(8-18)4-6-11;1-2/h3-6,9,13,18H,7-8,15H2,1-2H3,(H,16,20)(H,17,19);1-2H3. The molecule has 0 aromatic heterocycles. The van der Waals surface area contributed by atoms with Crippen LogP contribution in [-0.4, -0.2) is 29.5 Å². The molecule has 22 heavy (non-hydrogen) atoms. The second-order valence-electron chi connectivity index (χ2n) is 4.89. The number of aliphatic hydroxyl groups excluding tert-OH is 1. The zero-order chi connectivity index (χ0) is 17.1. The van der Waals surface area contributed by atoms with Crippen molar-refractivity contribution in [3.8, 4) is 0 Å². The van der Waals surface area contributed by atoms with E-state index in [1.54, 1.807) is 24.3 Å². The molecule has 0 saturated heterocycles. The molecule has 0 heterocycles. The van der Waals surface area contributed by atoms with E-state index < -0.39 is 6.04 Å². The Kier molecular flexibility index (Phi) is 9.82. The fourth-order valence-corrected chi connectivity index (χ4v) is 1.49. The van der Waals surface area contributed by atoms with Crippen LogP contribution in [-0.2, 0) is 16.2 Å². The molecule has 5 N–H and O–H groups in total. The van der Waals surface area contributed by atoms with Crippen molar-refractivity contribution < 1.29 is 14.7 Å². The van der Waals surface area contributed by atoms with Crippen LogP contribution in [0, 0.1) is 5.92 Å². The highest BCUT2D eigenvalue weighted by Crippen LogP contribution is 2.09. The van der Waals surface area contributed by atoms with Gasteiger partial charge in [0.25, 0.3) is 0 Å². The minimum absolute atomic E-state index is 0.0177. The highest BCUT2D eigenvalue weighted by molar-refractivity contribution is 5.95. The molecule has 124 valence electrons. The Hall–Kier alpha value is -1.92. The number of hydrogen-bond donors (Lipinski definition) is 4. The number of benzene rings is 1. The number of rotatable bonds is 6. The topological polar surface area (TPSA) is 104 Å². The Bertz CT molecular complexity index is 458. The van der Waals surface area contributed by atoms with Gasteiger partial charge in [-0.15, -0.1) is 0 Å². The quantitative estimate of drug-likeness (QED) is 0.634. The molecule has 0 saturated carbocycles. The number of carbonyl (C=O) groups is 2. The molecule has 1 unspecified atom stereocenters. The van der Waals surface area contributed by atoms with Gasteiger partial charge in [0.15, 0.2) is 0 Å². The average molecular weight is 309 g/mol. The van der Waals surface area contributed by atoms with E-state index in [2.05, 4.69) is 10.6 Å². The largest absolute Gasteiger partial charge is 0.392 e. The Morgan fingerprint density at radius 2 is 1.73 bits per heavy atom. The van der Waals surface area contributed by atoms with Gasteiger partial charge in [-0.1, -0.05) is 39.8 Å². The van der Waals surface area contributed by atoms with E-state index in [1.165, 1.54) is 0 Å². The molecule has 0 fully saturated rings. The monoisotopic (exact) mass is 309 g/mol. The fraction of sp³-hybridized carbons (Fsp3) is 0.500. The molecule has 2 amide bonds. The van der Waals surface area contributed by atoms with Crippen molar-refractivity contribution in [2.24, 2.45) is 11.7 Å². The minimum Gasteiger partial charge on any atom is -0.392 e. The number of hydrogen-bond acceptors (Lipinski definition) is 4. The van der Waals surface area contributed by atoms with Crippen molar-refractivity contribution >= 4 is 17.5 Å². The Labute approximate surface area is 132 Å². The third-order valence-electron chi connectivity index (χ3n) is 2.86. The van der Waals surface area contributed by atoms with Gasteiger partial charge in [-0.2, -0.15) is 0 Å². The van der Waals surface area contributed by atoms with Gasteiger partial charge in [-0.25, -0.2) is 0 Å².